The Kier molecular flexibility index (Phi) is 5.35. The Morgan fingerprint density at radius 1 is 1.47 bits per heavy atom. The first-order valence-corrected chi connectivity index (χ1v) is 6.34. The van der Waals surface area contributed by atoms with E-state index in [-0.39, 0.29) is 5.56 Å². The predicted octanol–water partition coefficient (Wildman–Crippen LogP) is 1.58. The van der Waals surface area contributed by atoms with Crippen LogP contribution in [-0.2, 0) is 6.54 Å². The molecule has 17 heavy (non-hydrogen) atoms. The molecule has 0 saturated carbocycles. The van der Waals surface area contributed by atoms with Gasteiger partial charge in [0.2, 0.25) is 0 Å². The second-order valence-corrected chi connectivity index (χ2v) is 4.57. The van der Waals surface area contributed by atoms with E-state index in [1.54, 1.807) is 17.0 Å². The highest BCUT2D eigenvalue weighted by molar-refractivity contribution is 4.96. The highest BCUT2D eigenvalue weighted by Gasteiger charge is 2.15. The van der Waals surface area contributed by atoms with Gasteiger partial charge in [0.25, 0.3) is 5.56 Å². The van der Waals surface area contributed by atoms with Gasteiger partial charge in [-0.2, -0.15) is 0 Å². The van der Waals surface area contributed by atoms with Gasteiger partial charge in [-0.15, -0.1) is 0 Å². The van der Waals surface area contributed by atoms with Crippen molar-refractivity contribution < 1.29 is 0 Å². The lowest BCUT2D eigenvalue weighted by Gasteiger charge is -2.24. The average Bonchev–Trinajstić information content (AvgIpc) is 2.30. The first-order chi connectivity index (χ1) is 8.08. The molecule has 96 valence electrons. The number of hydrogen-bond acceptors (Lipinski definition) is 3. The lowest BCUT2D eigenvalue weighted by atomic mass is 9.99. The first kappa shape index (κ1) is 13.9. The molecule has 0 aliphatic rings. The van der Waals surface area contributed by atoms with Crippen LogP contribution in [0.15, 0.2) is 17.2 Å². The Bertz CT molecular complexity index is 400. The lowest BCUT2D eigenvalue weighted by Crippen LogP contribution is -2.40. The summed E-state index contributed by atoms with van der Waals surface area (Å²) in [5.74, 6) is 0.545. The Morgan fingerprint density at radius 2 is 2.18 bits per heavy atom. The van der Waals surface area contributed by atoms with Crippen molar-refractivity contribution in [3.8, 4) is 0 Å². The Morgan fingerprint density at radius 3 is 2.71 bits per heavy atom. The molecule has 2 unspecified atom stereocenters. The minimum Gasteiger partial charge on any atom is -0.312 e. The molecule has 0 radical (unpaired) electrons. The maximum atomic E-state index is 11.8. The molecular formula is C13H23N3O. The molecule has 0 aliphatic heterocycles. The number of rotatable bonds is 6. The third-order valence-electron chi connectivity index (χ3n) is 3.21. The molecule has 0 spiro atoms. The van der Waals surface area contributed by atoms with Crippen molar-refractivity contribution in [2.75, 3.05) is 6.54 Å². The zero-order chi connectivity index (χ0) is 12.8. The van der Waals surface area contributed by atoms with Crippen molar-refractivity contribution in [1.82, 2.24) is 14.9 Å². The van der Waals surface area contributed by atoms with E-state index >= 15 is 0 Å². The summed E-state index contributed by atoms with van der Waals surface area (Å²) in [6.07, 6.45) is 2.75. The molecule has 0 fully saturated rings. The van der Waals surface area contributed by atoms with Crippen molar-refractivity contribution >= 4 is 0 Å². The van der Waals surface area contributed by atoms with Gasteiger partial charge in [-0.3, -0.25) is 9.36 Å². The highest BCUT2D eigenvalue weighted by atomic mass is 16.1. The van der Waals surface area contributed by atoms with Crippen LogP contribution in [0.25, 0.3) is 0 Å². The second kappa shape index (κ2) is 6.55. The summed E-state index contributed by atoms with van der Waals surface area (Å²) in [5, 5.41) is 3.44. The SMILES string of the molecule is CCNC(Cn1cnc(C)cc1=O)C(C)CC. The van der Waals surface area contributed by atoms with Crippen molar-refractivity contribution in [2.45, 2.75) is 46.7 Å². The summed E-state index contributed by atoms with van der Waals surface area (Å²) >= 11 is 0. The molecule has 4 nitrogen and oxygen atoms in total. The molecule has 0 aliphatic carbocycles. The van der Waals surface area contributed by atoms with Gasteiger partial charge in [-0.1, -0.05) is 27.2 Å². The summed E-state index contributed by atoms with van der Waals surface area (Å²) in [6.45, 7) is 9.91. The molecule has 1 heterocycles. The van der Waals surface area contributed by atoms with E-state index in [1.165, 1.54) is 0 Å². The van der Waals surface area contributed by atoms with E-state index in [2.05, 4.69) is 31.1 Å². The molecule has 1 aromatic rings. The summed E-state index contributed by atoms with van der Waals surface area (Å²) in [4.78, 5) is 16.0. The van der Waals surface area contributed by atoms with E-state index in [4.69, 9.17) is 0 Å². The van der Waals surface area contributed by atoms with Gasteiger partial charge < -0.3 is 5.32 Å². The number of nitrogens with one attached hydrogen (secondary N) is 1. The minimum atomic E-state index is 0.0312. The number of nitrogens with zero attached hydrogens (tertiary/aromatic N) is 2. The van der Waals surface area contributed by atoms with Crippen molar-refractivity contribution in [2.24, 2.45) is 5.92 Å². The van der Waals surface area contributed by atoms with Crippen LogP contribution in [0.3, 0.4) is 0 Å². The van der Waals surface area contributed by atoms with Gasteiger partial charge in [0.1, 0.15) is 0 Å². The maximum Gasteiger partial charge on any atom is 0.253 e. The van der Waals surface area contributed by atoms with Crippen LogP contribution in [0, 0.1) is 12.8 Å². The van der Waals surface area contributed by atoms with Crippen LogP contribution in [0.1, 0.15) is 32.9 Å². The largest absolute Gasteiger partial charge is 0.312 e. The van der Waals surface area contributed by atoms with Crippen molar-refractivity contribution in [1.29, 1.82) is 0 Å². The highest BCUT2D eigenvalue weighted by Crippen LogP contribution is 2.09. The van der Waals surface area contributed by atoms with Gasteiger partial charge in [-0.05, 0) is 19.4 Å². The fourth-order valence-corrected chi connectivity index (χ4v) is 1.86. The number of aryl methyl sites for hydroxylation is 1. The Hall–Kier alpha value is -1.16. The fraction of sp³-hybridized carbons (Fsp3) is 0.692. The van der Waals surface area contributed by atoms with E-state index < -0.39 is 0 Å². The maximum absolute atomic E-state index is 11.8. The Labute approximate surface area is 103 Å². The third kappa shape index (κ3) is 3.97. The molecule has 1 rings (SSSR count). The molecular weight excluding hydrogens is 214 g/mol. The number of likely N-dealkylation sites (N-methyl/N-ethyl adjacent to an activating group) is 1. The summed E-state index contributed by atoms with van der Waals surface area (Å²) in [6, 6.07) is 1.91. The average molecular weight is 237 g/mol. The van der Waals surface area contributed by atoms with Gasteiger partial charge in [0.15, 0.2) is 0 Å². The fourth-order valence-electron chi connectivity index (χ4n) is 1.86. The molecule has 4 heteroatoms. The molecule has 0 saturated heterocycles. The van der Waals surface area contributed by atoms with Crippen LogP contribution in [0.2, 0.25) is 0 Å². The number of aromatic nitrogens is 2. The van der Waals surface area contributed by atoms with Crippen LogP contribution < -0.4 is 10.9 Å². The molecule has 0 amide bonds. The van der Waals surface area contributed by atoms with E-state index in [1.807, 2.05) is 6.92 Å². The topological polar surface area (TPSA) is 46.9 Å². The zero-order valence-corrected chi connectivity index (χ0v) is 11.2. The van der Waals surface area contributed by atoms with E-state index in [0.717, 1.165) is 18.7 Å². The van der Waals surface area contributed by atoms with Gasteiger partial charge in [0, 0.05) is 24.3 Å². The zero-order valence-electron chi connectivity index (χ0n) is 11.2. The summed E-state index contributed by atoms with van der Waals surface area (Å²) in [7, 11) is 0. The molecule has 1 aromatic heterocycles. The van der Waals surface area contributed by atoms with Gasteiger partial charge in [-0.25, -0.2) is 4.98 Å². The normalized spacial score (nSPS) is 14.6. The summed E-state index contributed by atoms with van der Waals surface area (Å²) in [5.41, 5.74) is 0.804. The smallest absolute Gasteiger partial charge is 0.253 e. The molecule has 2 atom stereocenters. The summed E-state index contributed by atoms with van der Waals surface area (Å²) < 4.78 is 1.69. The number of hydrogen-bond donors (Lipinski definition) is 1. The van der Waals surface area contributed by atoms with Crippen LogP contribution in [0.4, 0.5) is 0 Å². The lowest BCUT2D eigenvalue weighted by molar-refractivity contribution is 0.330. The van der Waals surface area contributed by atoms with Gasteiger partial charge >= 0.3 is 0 Å². The van der Waals surface area contributed by atoms with Crippen LogP contribution in [0.5, 0.6) is 0 Å². The second-order valence-electron chi connectivity index (χ2n) is 4.57. The van der Waals surface area contributed by atoms with Gasteiger partial charge in [0.05, 0.1) is 6.33 Å². The van der Waals surface area contributed by atoms with Crippen molar-refractivity contribution in [3.63, 3.8) is 0 Å². The minimum absolute atomic E-state index is 0.0312. The first-order valence-electron chi connectivity index (χ1n) is 6.34. The molecule has 0 aromatic carbocycles. The van der Waals surface area contributed by atoms with E-state index in [9.17, 15) is 4.79 Å². The van der Waals surface area contributed by atoms with Crippen molar-refractivity contribution in [3.05, 3.63) is 28.4 Å². The molecule has 1 N–H and O–H groups in total. The standard InChI is InChI=1S/C13H23N3O/c1-5-10(3)12(14-6-2)8-16-9-15-11(4)7-13(16)17/h7,9-10,12,14H,5-6,8H2,1-4H3. The van der Waals surface area contributed by atoms with Crippen LogP contribution in [-0.4, -0.2) is 22.1 Å². The van der Waals surface area contributed by atoms with Crippen LogP contribution >= 0.6 is 0 Å². The predicted molar refractivity (Wildman–Crippen MR) is 70.2 cm³/mol. The quantitative estimate of drug-likeness (QED) is 0.817. The Balaban J connectivity index is 2.82. The molecule has 0 bridgehead atoms. The third-order valence-corrected chi connectivity index (χ3v) is 3.21. The van der Waals surface area contributed by atoms with E-state index in [0.29, 0.717) is 18.5 Å². The monoisotopic (exact) mass is 237 g/mol.